The molecule has 2 aromatic heterocycles. The maximum absolute atomic E-state index is 5.84. The Bertz CT molecular complexity index is 452. The van der Waals surface area contributed by atoms with E-state index in [1.54, 1.807) is 6.20 Å². The summed E-state index contributed by atoms with van der Waals surface area (Å²) in [7, 11) is 1.88. The summed E-state index contributed by atoms with van der Waals surface area (Å²) in [5.74, 6) is 1.46. The molecule has 1 N–H and O–H groups in total. The minimum absolute atomic E-state index is 0.168. The molecule has 2 rings (SSSR count). The van der Waals surface area contributed by atoms with Gasteiger partial charge in [-0.05, 0) is 26.1 Å². The van der Waals surface area contributed by atoms with Gasteiger partial charge in [-0.15, -0.1) is 11.3 Å². The summed E-state index contributed by atoms with van der Waals surface area (Å²) >= 11 is 7.31. The van der Waals surface area contributed by atoms with Crippen molar-refractivity contribution < 1.29 is 4.42 Å². The highest BCUT2D eigenvalue weighted by Crippen LogP contribution is 2.31. The van der Waals surface area contributed by atoms with Gasteiger partial charge in [-0.25, -0.2) is 4.98 Å². The van der Waals surface area contributed by atoms with Crippen molar-refractivity contribution in [1.29, 1.82) is 0 Å². The molecule has 0 aliphatic rings. The number of aromatic nitrogens is 1. The van der Waals surface area contributed by atoms with Crippen molar-refractivity contribution in [3.05, 3.63) is 28.4 Å². The van der Waals surface area contributed by atoms with Gasteiger partial charge in [0, 0.05) is 0 Å². The highest BCUT2D eigenvalue weighted by atomic mass is 35.5. The third kappa shape index (κ3) is 2.22. The Kier molecular flexibility index (Phi) is 3.09. The second kappa shape index (κ2) is 4.35. The molecule has 2 heterocycles. The maximum Gasteiger partial charge on any atom is 0.236 e. The fourth-order valence-corrected chi connectivity index (χ4v) is 2.15. The Hall–Kier alpha value is -0.840. The molecule has 0 saturated heterocycles. The number of nitrogens with zero attached hydrogens (tertiary/aromatic N) is 1. The summed E-state index contributed by atoms with van der Waals surface area (Å²) in [6.45, 7) is 2.02. The monoisotopic (exact) mass is 242 g/mol. The number of halogens is 1. The smallest absolute Gasteiger partial charge is 0.236 e. The van der Waals surface area contributed by atoms with Crippen molar-refractivity contribution in [1.82, 2.24) is 10.3 Å². The van der Waals surface area contributed by atoms with Gasteiger partial charge in [0.1, 0.15) is 5.76 Å². The molecule has 2 aromatic rings. The Morgan fingerprint density at radius 3 is 2.93 bits per heavy atom. The van der Waals surface area contributed by atoms with Crippen LogP contribution >= 0.6 is 22.9 Å². The largest absolute Gasteiger partial charge is 0.439 e. The second-order valence-electron chi connectivity index (χ2n) is 3.18. The predicted molar refractivity (Wildman–Crippen MR) is 62.3 cm³/mol. The summed E-state index contributed by atoms with van der Waals surface area (Å²) in [6.07, 6.45) is 1.74. The standard InChI is InChI=1S/C10H11ClN2OS/c1-6(12-2)7-5-13-10(14-7)8-3-4-9(11)15-8/h3-6,12H,1-2H3. The zero-order valence-corrected chi connectivity index (χ0v) is 10.0. The SMILES string of the molecule is CNC(C)c1cnc(-c2ccc(Cl)s2)o1. The van der Waals surface area contributed by atoms with E-state index in [1.807, 2.05) is 26.1 Å². The normalized spacial score (nSPS) is 13.0. The van der Waals surface area contributed by atoms with E-state index < -0.39 is 0 Å². The van der Waals surface area contributed by atoms with Crippen LogP contribution < -0.4 is 5.32 Å². The van der Waals surface area contributed by atoms with Crippen molar-refractivity contribution in [3.63, 3.8) is 0 Å². The van der Waals surface area contributed by atoms with Gasteiger partial charge < -0.3 is 9.73 Å². The van der Waals surface area contributed by atoms with Crippen LogP contribution in [-0.4, -0.2) is 12.0 Å². The van der Waals surface area contributed by atoms with Gasteiger partial charge in [0.05, 0.1) is 21.5 Å². The number of hydrogen-bond donors (Lipinski definition) is 1. The van der Waals surface area contributed by atoms with Gasteiger partial charge in [-0.3, -0.25) is 0 Å². The van der Waals surface area contributed by atoms with Gasteiger partial charge >= 0.3 is 0 Å². The molecule has 0 spiro atoms. The van der Waals surface area contributed by atoms with E-state index in [0.717, 1.165) is 15.0 Å². The zero-order chi connectivity index (χ0) is 10.8. The molecule has 0 aromatic carbocycles. The lowest BCUT2D eigenvalue weighted by molar-refractivity contribution is 0.457. The molecule has 0 aliphatic heterocycles. The van der Waals surface area contributed by atoms with E-state index in [-0.39, 0.29) is 6.04 Å². The first-order valence-electron chi connectivity index (χ1n) is 4.59. The first kappa shape index (κ1) is 10.7. The number of rotatable bonds is 3. The molecule has 0 bridgehead atoms. The van der Waals surface area contributed by atoms with E-state index in [4.69, 9.17) is 16.0 Å². The van der Waals surface area contributed by atoms with Gasteiger partial charge in [0.25, 0.3) is 0 Å². The maximum atomic E-state index is 5.84. The summed E-state index contributed by atoms with van der Waals surface area (Å²) in [4.78, 5) is 5.17. The molecule has 15 heavy (non-hydrogen) atoms. The average molecular weight is 243 g/mol. The minimum atomic E-state index is 0.168. The van der Waals surface area contributed by atoms with Crippen LogP contribution in [0.1, 0.15) is 18.7 Å². The van der Waals surface area contributed by atoms with Crippen LogP contribution in [0.25, 0.3) is 10.8 Å². The van der Waals surface area contributed by atoms with Crippen LogP contribution in [0, 0.1) is 0 Å². The highest BCUT2D eigenvalue weighted by Gasteiger charge is 2.12. The van der Waals surface area contributed by atoms with E-state index >= 15 is 0 Å². The Balaban J connectivity index is 2.27. The van der Waals surface area contributed by atoms with Crippen LogP contribution in [-0.2, 0) is 0 Å². The molecular weight excluding hydrogens is 232 g/mol. The molecule has 0 amide bonds. The van der Waals surface area contributed by atoms with Gasteiger partial charge in [-0.1, -0.05) is 11.6 Å². The molecule has 1 atom stereocenters. The Morgan fingerprint density at radius 1 is 1.53 bits per heavy atom. The van der Waals surface area contributed by atoms with E-state index in [9.17, 15) is 0 Å². The molecule has 0 aliphatic carbocycles. The summed E-state index contributed by atoms with van der Waals surface area (Å²) in [5.41, 5.74) is 0. The molecule has 3 nitrogen and oxygen atoms in total. The summed E-state index contributed by atoms with van der Waals surface area (Å²) in [5, 5.41) is 3.09. The molecule has 0 fully saturated rings. The average Bonchev–Trinajstić information content (AvgIpc) is 2.84. The van der Waals surface area contributed by atoms with Crippen molar-refractivity contribution in [2.75, 3.05) is 7.05 Å². The van der Waals surface area contributed by atoms with Crippen LogP contribution in [0.3, 0.4) is 0 Å². The van der Waals surface area contributed by atoms with Crippen LogP contribution in [0.2, 0.25) is 4.34 Å². The minimum Gasteiger partial charge on any atom is -0.439 e. The van der Waals surface area contributed by atoms with Crippen molar-refractivity contribution in [2.24, 2.45) is 0 Å². The molecular formula is C10H11ClN2OS. The van der Waals surface area contributed by atoms with Crippen molar-refractivity contribution in [3.8, 4) is 10.8 Å². The lowest BCUT2D eigenvalue weighted by Gasteiger charge is -2.03. The van der Waals surface area contributed by atoms with Crippen molar-refractivity contribution >= 4 is 22.9 Å². The zero-order valence-electron chi connectivity index (χ0n) is 8.45. The van der Waals surface area contributed by atoms with Gasteiger partial charge in [-0.2, -0.15) is 0 Å². The fraction of sp³-hybridized carbons (Fsp3) is 0.300. The summed E-state index contributed by atoms with van der Waals surface area (Å²) in [6, 6.07) is 3.92. The second-order valence-corrected chi connectivity index (χ2v) is 4.90. The number of oxazole rings is 1. The van der Waals surface area contributed by atoms with Crippen molar-refractivity contribution in [2.45, 2.75) is 13.0 Å². The van der Waals surface area contributed by atoms with Gasteiger partial charge in [0.15, 0.2) is 0 Å². The first-order chi connectivity index (χ1) is 7.20. The van der Waals surface area contributed by atoms with Gasteiger partial charge in [0.2, 0.25) is 5.89 Å². The van der Waals surface area contributed by atoms with Crippen LogP contribution in [0.4, 0.5) is 0 Å². The molecule has 5 heteroatoms. The summed E-state index contributed by atoms with van der Waals surface area (Å²) < 4.78 is 6.36. The quantitative estimate of drug-likeness (QED) is 0.897. The third-order valence-corrected chi connectivity index (χ3v) is 3.39. The number of hydrogen-bond acceptors (Lipinski definition) is 4. The lowest BCUT2D eigenvalue weighted by Crippen LogP contribution is -2.11. The fourth-order valence-electron chi connectivity index (χ4n) is 1.17. The Labute approximate surface area is 97.1 Å². The van der Waals surface area contributed by atoms with Crippen LogP contribution in [0.15, 0.2) is 22.7 Å². The molecule has 1 unspecified atom stereocenters. The number of nitrogens with one attached hydrogen (secondary N) is 1. The highest BCUT2D eigenvalue weighted by molar-refractivity contribution is 7.19. The van der Waals surface area contributed by atoms with E-state index in [2.05, 4.69) is 10.3 Å². The third-order valence-electron chi connectivity index (χ3n) is 2.17. The molecule has 80 valence electrons. The molecule has 0 saturated carbocycles. The Morgan fingerprint density at radius 2 is 2.33 bits per heavy atom. The predicted octanol–water partition coefficient (Wildman–Crippen LogP) is 3.34. The van der Waals surface area contributed by atoms with E-state index in [1.165, 1.54) is 11.3 Å². The van der Waals surface area contributed by atoms with Crippen LogP contribution in [0.5, 0.6) is 0 Å². The lowest BCUT2D eigenvalue weighted by atomic mass is 10.3. The van der Waals surface area contributed by atoms with E-state index in [0.29, 0.717) is 5.89 Å². The number of thiophene rings is 1. The first-order valence-corrected chi connectivity index (χ1v) is 5.79. The molecule has 0 radical (unpaired) electrons. The topological polar surface area (TPSA) is 38.1 Å².